The molecular formula is C16H33Cl2CoN5P2. The van der Waals surface area contributed by atoms with Gasteiger partial charge in [-0.2, -0.15) is 15.0 Å². The van der Waals surface area contributed by atoms with Crippen LogP contribution in [0.5, 0.6) is 0 Å². The van der Waals surface area contributed by atoms with Gasteiger partial charge in [0.2, 0.25) is 11.9 Å². The van der Waals surface area contributed by atoms with E-state index in [1.807, 2.05) is 6.92 Å². The van der Waals surface area contributed by atoms with E-state index < -0.39 is 0 Å². The first-order valence-corrected chi connectivity index (χ1v) is 14.5. The second kappa shape index (κ2) is 13.7. The molecule has 2 N–H and O–H groups in total. The number of anilines is 2. The molecule has 1 aromatic heterocycles. The molecule has 0 aliphatic carbocycles. The standard InChI is InChI=1S/C16H33N5P2.2ClH.Co/c1-10(2)22(11(3)4)20-15-17-14(9)18-16(19-15)21-23(12(5)6)13(7)8;;;/h10-13H,1-9H3,(H2,17,18,19,20,21);2*1H;/q;;;+2/p-2. The molecule has 0 saturated carbocycles. The molecule has 0 bridgehead atoms. The molecule has 155 valence electrons. The van der Waals surface area contributed by atoms with E-state index in [-0.39, 0.29) is 16.1 Å². The van der Waals surface area contributed by atoms with Gasteiger partial charge in [0.05, 0.1) is 0 Å². The van der Waals surface area contributed by atoms with E-state index in [0.29, 0.717) is 47.4 Å². The van der Waals surface area contributed by atoms with Crippen molar-refractivity contribution in [3.8, 4) is 0 Å². The van der Waals surface area contributed by atoms with Crippen LogP contribution in [-0.2, 0) is 12.9 Å². The fourth-order valence-corrected chi connectivity index (χ4v) is 6.60. The zero-order valence-electron chi connectivity index (χ0n) is 17.1. The summed E-state index contributed by atoms with van der Waals surface area (Å²) in [5, 5.41) is 7.12. The Morgan fingerprint density at radius 2 is 0.962 bits per heavy atom. The van der Waals surface area contributed by atoms with E-state index in [1.54, 1.807) is 0 Å². The number of halogens is 2. The molecule has 1 heterocycles. The van der Waals surface area contributed by atoms with Gasteiger partial charge in [-0.1, -0.05) is 55.4 Å². The van der Waals surface area contributed by atoms with Gasteiger partial charge in [-0.3, -0.25) is 0 Å². The Hall–Kier alpha value is 0.556. The van der Waals surface area contributed by atoms with Crippen LogP contribution in [0.4, 0.5) is 11.9 Å². The van der Waals surface area contributed by atoms with Gasteiger partial charge < -0.3 is 10.2 Å². The van der Waals surface area contributed by atoms with Crippen molar-refractivity contribution in [3.63, 3.8) is 0 Å². The molecule has 0 aliphatic rings. The van der Waals surface area contributed by atoms with Crippen molar-refractivity contribution in [2.45, 2.75) is 84.9 Å². The van der Waals surface area contributed by atoms with Gasteiger partial charge >= 0.3 is 33.2 Å². The molecule has 0 aliphatic heterocycles. The number of aromatic nitrogens is 3. The van der Waals surface area contributed by atoms with Gasteiger partial charge in [-0.15, -0.1) is 0 Å². The zero-order valence-corrected chi connectivity index (χ0v) is 21.5. The first kappa shape index (κ1) is 26.6. The molecule has 0 fully saturated rings. The first-order valence-electron chi connectivity index (χ1n) is 8.69. The Morgan fingerprint density at radius 1 is 0.692 bits per heavy atom. The van der Waals surface area contributed by atoms with Crippen molar-refractivity contribution in [1.29, 1.82) is 0 Å². The summed E-state index contributed by atoms with van der Waals surface area (Å²) in [7, 11) is 8.76. The van der Waals surface area contributed by atoms with E-state index in [4.69, 9.17) is 20.3 Å². The van der Waals surface area contributed by atoms with Crippen molar-refractivity contribution in [2.24, 2.45) is 0 Å². The van der Waals surface area contributed by atoms with Crippen molar-refractivity contribution >= 4 is 48.3 Å². The van der Waals surface area contributed by atoms with E-state index in [9.17, 15) is 0 Å². The summed E-state index contributed by atoms with van der Waals surface area (Å²) in [5.74, 6) is 2.17. The Bertz CT molecular complexity index is 465. The molecular weight excluding hydrogens is 454 g/mol. The fourth-order valence-electron chi connectivity index (χ4n) is 2.52. The van der Waals surface area contributed by atoms with Crippen LogP contribution in [-0.4, -0.2) is 37.6 Å². The molecule has 1 aromatic rings. The Morgan fingerprint density at radius 3 is 1.19 bits per heavy atom. The molecule has 0 saturated heterocycles. The second-order valence-electron chi connectivity index (χ2n) is 6.99. The Labute approximate surface area is 176 Å². The summed E-state index contributed by atoms with van der Waals surface area (Å²) in [5.41, 5.74) is 2.34. The van der Waals surface area contributed by atoms with Crippen LogP contribution in [0, 0.1) is 6.92 Å². The first-order chi connectivity index (χ1) is 12.0. The number of nitrogens with zero attached hydrogens (tertiary/aromatic N) is 3. The van der Waals surface area contributed by atoms with Crippen LogP contribution in [0.1, 0.15) is 61.2 Å². The number of hydrogen-bond acceptors (Lipinski definition) is 5. The number of aryl methyl sites for hydroxylation is 1. The minimum atomic E-state index is -0.350. The van der Waals surface area contributed by atoms with Crippen LogP contribution < -0.4 is 10.2 Å². The summed E-state index contributed by atoms with van der Waals surface area (Å²) in [4.78, 5) is 13.6. The zero-order chi connectivity index (χ0) is 20.4. The second-order valence-corrected chi connectivity index (χ2v) is 14.9. The van der Waals surface area contributed by atoms with Gasteiger partial charge in [0.1, 0.15) is 5.82 Å². The van der Waals surface area contributed by atoms with E-state index >= 15 is 0 Å². The number of nitrogens with one attached hydrogen (secondary N) is 2. The molecule has 0 unspecified atom stereocenters. The maximum atomic E-state index is 4.73. The molecule has 0 spiro atoms. The molecule has 1 rings (SSSR count). The van der Waals surface area contributed by atoms with Gasteiger partial charge in [0.15, 0.2) is 0 Å². The van der Waals surface area contributed by atoms with Crippen LogP contribution in [0.15, 0.2) is 0 Å². The predicted octanol–water partition coefficient (Wildman–Crippen LogP) is 6.81. The SMILES string of the molecule is Cc1nc(NP(C(C)C)C(C)C)nc(NP(C(C)C)C(C)C)n1.[Cl][Co][Cl]. The summed E-state index contributed by atoms with van der Waals surface area (Å²) < 4.78 is 0. The molecule has 26 heavy (non-hydrogen) atoms. The number of rotatable bonds is 8. The van der Waals surface area contributed by atoms with Crippen molar-refractivity contribution in [2.75, 3.05) is 10.2 Å². The van der Waals surface area contributed by atoms with E-state index in [0.717, 1.165) is 5.82 Å². The normalized spacial score (nSPS) is 11.7. The monoisotopic (exact) mass is 486 g/mol. The Kier molecular flexibility index (Phi) is 14.0. The topological polar surface area (TPSA) is 62.7 Å². The third-order valence-electron chi connectivity index (χ3n) is 3.43. The van der Waals surface area contributed by atoms with Crippen LogP contribution >= 0.6 is 36.4 Å². The summed E-state index contributed by atoms with van der Waals surface area (Å²) >= 11 is 0.382. The van der Waals surface area contributed by atoms with Gasteiger partial charge in [-0.05, 0) is 45.7 Å². The summed E-state index contributed by atoms with van der Waals surface area (Å²) in [6.45, 7) is 20.0. The molecule has 0 amide bonds. The maximum absolute atomic E-state index is 4.73. The third kappa shape index (κ3) is 10.2. The van der Waals surface area contributed by atoms with E-state index in [2.05, 4.69) is 80.5 Å². The summed E-state index contributed by atoms with van der Waals surface area (Å²) in [6.07, 6.45) is 0. The molecule has 0 radical (unpaired) electrons. The number of hydrogen-bond donors (Lipinski definition) is 2. The van der Waals surface area contributed by atoms with Crippen LogP contribution in [0.25, 0.3) is 0 Å². The van der Waals surface area contributed by atoms with E-state index in [1.165, 1.54) is 0 Å². The average Bonchev–Trinajstić information content (AvgIpc) is 2.49. The quantitative estimate of drug-likeness (QED) is 0.395. The Balaban J connectivity index is 0.00000194. The third-order valence-corrected chi connectivity index (χ3v) is 8.80. The predicted molar refractivity (Wildman–Crippen MR) is 118 cm³/mol. The van der Waals surface area contributed by atoms with Crippen LogP contribution in [0.2, 0.25) is 0 Å². The summed E-state index contributed by atoms with van der Waals surface area (Å²) in [6, 6.07) is 0. The van der Waals surface area contributed by atoms with Crippen molar-refractivity contribution in [1.82, 2.24) is 15.0 Å². The molecule has 0 atom stereocenters. The molecule has 0 aromatic carbocycles. The fraction of sp³-hybridized carbons (Fsp3) is 0.812. The van der Waals surface area contributed by atoms with Crippen molar-refractivity contribution < 1.29 is 12.9 Å². The van der Waals surface area contributed by atoms with Crippen LogP contribution in [0.3, 0.4) is 0 Å². The molecule has 5 nitrogen and oxygen atoms in total. The van der Waals surface area contributed by atoms with Crippen molar-refractivity contribution in [3.05, 3.63) is 5.82 Å². The minimum absolute atomic E-state index is 0.350. The van der Waals surface area contributed by atoms with Gasteiger partial charge in [0.25, 0.3) is 0 Å². The van der Waals surface area contributed by atoms with Gasteiger partial charge in [0, 0.05) is 0 Å². The van der Waals surface area contributed by atoms with Gasteiger partial charge in [-0.25, -0.2) is 0 Å². The molecule has 10 heteroatoms. The average molecular weight is 487 g/mol.